The van der Waals surface area contributed by atoms with Crippen molar-refractivity contribution >= 4 is 57.1 Å². The quantitative estimate of drug-likeness (QED) is 0.566. The van der Waals surface area contributed by atoms with Gasteiger partial charge in [0.05, 0.1) is 10.6 Å². The lowest BCUT2D eigenvalue weighted by Crippen LogP contribution is -2.50. The molecule has 4 rings (SSSR count). The highest BCUT2D eigenvalue weighted by molar-refractivity contribution is 8.01. The summed E-state index contributed by atoms with van der Waals surface area (Å²) < 4.78 is 0.756. The van der Waals surface area contributed by atoms with Gasteiger partial charge in [0, 0.05) is 31.9 Å². The molecule has 1 aromatic carbocycles. The molecule has 7 nitrogen and oxygen atoms in total. The van der Waals surface area contributed by atoms with Crippen molar-refractivity contribution in [2.24, 2.45) is 0 Å². The Labute approximate surface area is 187 Å². The third-order valence-electron chi connectivity index (χ3n) is 4.76. The van der Waals surface area contributed by atoms with E-state index < -0.39 is 0 Å². The first kappa shape index (κ1) is 20.8. The van der Waals surface area contributed by atoms with Crippen LogP contribution in [0.25, 0.3) is 0 Å². The van der Waals surface area contributed by atoms with Crippen molar-refractivity contribution in [3.8, 4) is 0 Å². The first-order valence-corrected chi connectivity index (χ1v) is 12.2. The molecule has 3 aromatic rings. The molecule has 2 aromatic heterocycles. The van der Waals surface area contributed by atoms with Gasteiger partial charge in [-0.2, -0.15) is 0 Å². The number of amides is 2. The zero-order valence-electron chi connectivity index (χ0n) is 16.4. The third kappa shape index (κ3) is 5.00. The van der Waals surface area contributed by atoms with Crippen molar-refractivity contribution in [3.63, 3.8) is 0 Å². The Morgan fingerprint density at radius 2 is 1.83 bits per heavy atom. The van der Waals surface area contributed by atoms with Crippen LogP contribution in [0.1, 0.15) is 15.2 Å². The summed E-state index contributed by atoms with van der Waals surface area (Å²) in [5.74, 6) is 0.429. The van der Waals surface area contributed by atoms with Crippen LogP contribution in [0, 0.1) is 6.92 Å². The summed E-state index contributed by atoms with van der Waals surface area (Å²) in [5.41, 5.74) is 2.13. The minimum atomic E-state index is 0.0500. The van der Waals surface area contributed by atoms with Crippen molar-refractivity contribution in [3.05, 3.63) is 52.2 Å². The molecule has 0 unspecified atom stereocenters. The normalized spacial score (nSPS) is 14.0. The van der Waals surface area contributed by atoms with Gasteiger partial charge in [-0.05, 0) is 30.0 Å². The number of hydrogen-bond acceptors (Lipinski definition) is 8. The number of aryl methyl sites for hydroxylation is 1. The van der Waals surface area contributed by atoms with E-state index in [2.05, 4.69) is 15.5 Å². The number of rotatable bonds is 6. The van der Waals surface area contributed by atoms with Crippen LogP contribution >= 0.6 is 34.4 Å². The number of nitrogens with one attached hydrogen (secondary N) is 1. The van der Waals surface area contributed by atoms with Crippen LogP contribution in [-0.4, -0.2) is 63.7 Å². The van der Waals surface area contributed by atoms with Crippen molar-refractivity contribution < 1.29 is 9.59 Å². The second-order valence-corrected chi connectivity index (χ2v) is 9.90. The fraction of sp³-hybridized carbons (Fsp3) is 0.300. The van der Waals surface area contributed by atoms with Gasteiger partial charge in [0.1, 0.15) is 0 Å². The van der Waals surface area contributed by atoms with E-state index in [0.29, 0.717) is 37.1 Å². The van der Waals surface area contributed by atoms with E-state index in [1.165, 1.54) is 34.4 Å². The molecule has 1 aliphatic heterocycles. The molecule has 0 spiro atoms. The van der Waals surface area contributed by atoms with E-state index in [4.69, 9.17) is 0 Å². The number of thioether (sulfide) groups is 1. The van der Waals surface area contributed by atoms with Crippen LogP contribution < -0.4 is 5.32 Å². The van der Waals surface area contributed by atoms with E-state index >= 15 is 0 Å². The molecule has 1 fully saturated rings. The Bertz CT molecular complexity index is 1010. The Morgan fingerprint density at radius 1 is 1.07 bits per heavy atom. The number of hydrogen-bond donors (Lipinski definition) is 1. The lowest BCUT2D eigenvalue weighted by Gasteiger charge is -2.34. The molecule has 1 N–H and O–H groups in total. The zero-order chi connectivity index (χ0) is 20.9. The van der Waals surface area contributed by atoms with Crippen LogP contribution in [0.2, 0.25) is 0 Å². The fourth-order valence-electron chi connectivity index (χ4n) is 3.08. The number of thiophene rings is 1. The highest BCUT2D eigenvalue weighted by Crippen LogP contribution is 2.29. The van der Waals surface area contributed by atoms with E-state index in [1.807, 2.05) is 58.5 Å². The van der Waals surface area contributed by atoms with Crippen molar-refractivity contribution in [2.75, 3.05) is 37.2 Å². The Hall–Kier alpha value is -2.43. The first-order chi connectivity index (χ1) is 14.6. The van der Waals surface area contributed by atoms with Crippen LogP contribution in [0.5, 0.6) is 0 Å². The molecule has 0 atom stereocenters. The number of anilines is 2. The fourth-order valence-corrected chi connectivity index (χ4v) is 5.43. The summed E-state index contributed by atoms with van der Waals surface area (Å²) in [5, 5.41) is 14.2. The molecule has 1 aliphatic rings. The smallest absolute Gasteiger partial charge is 0.264 e. The maximum Gasteiger partial charge on any atom is 0.264 e. The summed E-state index contributed by atoms with van der Waals surface area (Å²) in [7, 11) is 0. The average molecular weight is 460 g/mol. The van der Waals surface area contributed by atoms with Crippen molar-refractivity contribution in [1.29, 1.82) is 0 Å². The van der Waals surface area contributed by atoms with E-state index in [0.717, 1.165) is 20.5 Å². The number of aromatic nitrogens is 2. The summed E-state index contributed by atoms with van der Waals surface area (Å²) in [6.45, 7) is 4.29. The van der Waals surface area contributed by atoms with Gasteiger partial charge in [-0.25, -0.2) is 0 Å². The van der Waals surface area contributed by atoms with Crippen LogP contribution in [0.4, 0.5) is 10.8 Å². The van der Waals surface area contributed by atoms with Crippen molar-refractivity contribution in [2.45, 2.75) is 11.3 Å². The maximum atomic E-state index is 12.6. The largest absolute Gasteiger partial charge is 0.338 e. The van der Waals surface area contributed by atoms with Gasteiger partial charge < -0.3 is 15.1 Å². The number of carbonyl (C=O) groups excluding carboxylic acids is 2. The molecule has 156 valence electrons. The standard InChI is InChI=1S/C20H21N5O2S3/c1-14-5-2-3-6-15(14)21-19-22-23-20(30-19)29-13-17(26)24-8-10-25(11-9-24)18(27)16-7-4-12-28-16/h2-7,12H,8-11,13H2,1H3,(H,21,22). The van der Waals surface area contributed by atoms with Gasteiger partial charge in [0.15, 0.2) is 4.34 Å². The Kier molecular flexibility index (Phi) is 6.66. The molecular weight excluding hydrogens is 438 g/mol. The molecule has 10 heteroatoms. The molecule has 1 saturated heterocycles. The summed E-state index contributed by atoms with van der Waals surface area (Å²) >= 11 is 4.28. The zero-order valence-corrected chi connectivity index (χ0v) is 18.9. The molecule has 0 radical (unpaired) electrons. The topological polar surface area (TPSA) is 78.4 Å². The SMILES string of the molecule is Cc1ccccc1Nc1nnc(SCC(=O)N2CCN(C(=O)c3cccs3)CC2)s1. The minimum absolute atomic E-state index is 0.0500. The molecule has 0 aliphatic carbocycles. The van der Waals surface area contributed by atoms with Crippen LogP contribution in [0.3, 0.4) is 0 Å². The van der Waals surface area contributed by atoms with Gasteiger partial charge >= 0.3 is 0 Å². The summed E-state index contributed by atoms with van der Waals surface area (Å²) in [4.78, 5) is 29.4. The minimum Gasteiger partial charge on any atom is -0.338 e. The number of nitrogens with zero attached hydrogens (tertiary/aromatic N) is 4. The first-order valence-electron chi connectivity index (χ1n) is 9.49. The number of benzene rings is 1. The highest BCUT2D eigenvalue weighted by Gasteiger charge is 2.25. The van der Waals surface area contributed by atoms with E-state index in [-0.39, 0.29) is 11.8 Å². The number of carbonyl (C=O) groups is 2. The monoisotopic (exact) mass is 459 g/mol. The number of piperazine rings is 1. The van der Waals surface area contributed by atoms with Gasteiger partial charge in [-0.15, -0.1) is 21.5 Å². The second-order valence-electron chi connectivity index (χ2n) is 6.75. The third-order valence-corrected chi connectivity index (χ3v) is 7.58. The van der Waals surface area contributed by atoms with Crippen molar-refractivity contribution in [1.82, 2.24) is 20.0 Å². The van der Waals surface area contributed by atoms with Crippen LogP contribution in [-0.2, 0) is 4.79 Å². The molecular formula is C20H21N5O2S3. The lowest BCUT2D eigenvalue weighted by molar-refractivity contribution is -0.129. The van der Waals surface area contributed by atoms with Crippen LogP contribution in [0.15, 0.2) is 46.1 Å². The van der Waals surface area contributed by atoms with Gasteiger partial charge in [0.25, 0.3) is 5.91 Å². The average Bonchev–Trinajstić information content (AvgIpc) is 3.46. The maximum absolute atomic E-state index is 12.6. The molecule has 30 heavy (non-hydrogen) atoms. The van der Waals surface area contributed by atoms with Gasteiger partial charge in [-0.1, -0.05) is 47.4 Å². The summed E-state index contributed by atoms with van der Waals surface area (Å²) in [6, 6.07) is 11.7. The molecule has 3 heterocycles. The Balaban J connectivity index is 1.24. The molecule has 2 amide bonds. The second kappa shape index (κ2) is 9.59. The van der Waals surface area contributed by atoms with Gasteiger partial charge in [-0.3, -0.25) is 9.59 Å². The number of para-hydroxylation sites is 1. The highest BCUT2D eigenvalue weighted by atomic mass is 32.2. The predicted molar refractivity (Wildman–Crippen MR) is 122 cm³/mol. The summed E-state index contributed by atoms with van der Waals surface area (Å²) in [6.07, 6.45) is 0. The van der Waals surface area contributed by atoms with Gasteiger partial charge in [0.2, 0.25) is 11.0 Å². The molecule has 0 saturated carbocycles. The van der Waals surface area contributed by atoms with E-state index in [9.17, 15) is 9.59 Å². The Morgan fingerprint density at radius 3 is 2.57 bits per heavy atom. The lowest BCUT2D eigenvalue weighted by atomic mass is 10.2. The molecule has 0 bridgehead atoms. The predicted octanol–water partition coefficient (Wildman–Crippen LogP) is 3.73. The van der Waals surface area contributed by atoms with E-state index in [1.54, 1.807) is 0 Å².